The number of carbonyl (C=O) groups is 1. The Morgan fingerprint density at radius 3 is 2.43 bits per heavy atom. The van der Waals surface area contributed by atoms with Gasteiger partial charge in [-0.25, -0.2) is 4.79 Å². The molecule has 14 heavy (non-hydrogen) atoms. The van der Waals surface area contributed by atoms with Gasteiger partial charge >= 0.3 is 5.97 Å². The molecule has 0 heterocycles. The van der Waals surface area contributed by atoms with Crippen molar-refractivity contribution in [3.05, 3.63) is 40.4 Å². The van der Waals surface area contributed by atoms with E-state index in [9.17, 15) is 4.79 Å². The van der Waals surface area contributed by atoms with Gasteiger partial charge in [0.15, 0.2) is 0 Å². The van der Waals surface area contributed by atoms with Crippen LogP contribution in [0.1, 0.15) is 18.9 Å². The number of halogens is 1. The van der Waals surface area contributed by atoms with Gasteiger partial charge in [-0.05, 0) is 29.7 Å². The predicted molar refractivity (Wildman–Crippen MR) is 60.0 cm³/mol. The first-order valence-electron chi connectivity index (χ1n) is 4.33. The number of aliphatic carboxylic acids is 1. The number of hydrogen-bond donors (Lipinski definition) is 1. The molecule has 0 saturated heterocycles. The highest BCUT2D eigenvalue weighted by Crippen LogP contribution is 2.20. The van der Waals surface area contributed by atoms with Crippen LogP contribution in [0.15, 0.2) is 34.8 Å². The van der Waals surface area contributed by atoms with Gasteiger partial charge in [0.2, 0.25) is 0 Å². The fourth-order valence-electron chi connectivity index (χ4n) is 1.20. The summed E-state index contributed by atoms with van der Waals surface area (Å²) in [5, 5.41) is 8.65. The second kappa shape index (κ2) is 4.96. The smallest absolute Gasteiger partial charge is 0.328 e. The van der Waals surface area contributed by atoms with Crippen molar-refractivity contribution in [2.75, 3.05) is 0 Å². The highest BCUT2D eigenvalue weighted by Gasteiger charge is 2.01. The third kappa shape index (κ3) is 3.00. The fourth-order valence-corrected chi connectivity index (χ4v) is 1.47. The predicted octanol–water partition coefficient (Wildman–Crippen LogP) is 3.33. The van der Waals surface area contributed by atoms with Gasteiger partial charge in [-0.3, -0.25) is 0 Å². The number of carboxylic acids is 1. The maximum Gasteiger partial charge on any atom is 0.328 e. The highest BCUT2D eigenvalue weighted by molar-refractivity contribution is 9.10. The molecule has 0 radical (unpaired) electrons. The second-order valence-corrected chi connectivity index (χ2v) is 3.78. The number of carboxylic acid groups (broad SMARTS) is 1. The molecule has 1 aromatic rings. The Labute approximate surface area is 91.4 Å². The van der Waals surface area contributed by atoms with Crippen LogP contribution in [0.5, 0.6) is 0 Å². The molecule has 1 N–H and O–H groups in total. The third-order valence-corrected chi connectivity index (χ3v) is 2.42. The molecule has 0 fully saturated rings. The Balaban J connectivity index is 3.01. The van der Waals surface area contributed by atoms with Gasteiger partial charge in [0.1, 0.15) is 0 Å². The zero-order valence-electron chi connectivity index (χ0n) is 7.83. The van der Waals surface area contributed by atoms with Gasteiger partial charge < -0.3 is 5.11 Å². The van der Waals surface area contributed by atoms with Crippen molar-refractivity contribution in [1.82, 2.24) is 0 Å². The second-order valence-electron chi connectivity index (χ2n) is 2.87. The lowest BCUT2D eigenvalue weighted by Crippen LogP contribution is -1.91. The van der Waals surface area contributed by atoms with Gasteiger partial charge in [0.05, 0.1) is 0 Å². The van der Waals surface area contributed by atoms with Crippen LogP contribution in [0, 0.1) is 0 Å². The SMILES string of the molecule is CC/C(=C\C(=O)O)c1ccc(Br)cc1. The minimum atomic E-state index is -0.898. The van der Waals surface area contributed by atoms with Crippen molar-refractivity contribution in [3.63, 3.8) is 0 Å². The maximum absolute atomic E-state index is 10.5. The van der Waals surface area contributed by atoms with E-state index in [0.29, 0.717) is 6.42 Å². The van der Waals surface area contributed by atoms with Gasteiger partial charge in [0, 0.05) is 10.5 Å². The van der Waals surface area contributed by atoms with Crippen molar-refractivity contribution in [2.24, 2.45) is 0 Å². The normalized spacial score (nSPS) is 11.4. The summed E-state index contributed by atoms with van der Waals surface area (Å²) in [4.78, 5) is 10.5. The number of benzene rings is 1. The number of rotatable bonds is 3. The van der Waals surface area contributed by atoms with Gasteiger partial charge in [-0.15, -0.1) is 0 Å². The summed E-state index contributed by atoms with van der Waals surface area (Å²) in [6.45, 7) is 1.94. The van der Waals surface area contributed by atoms with E-state index in [-0.39, 0.29) is 0 Å². The molecule has 0 unspecified atom stereocenters. The van der Waals surface area contributed by atoms with E-state index < -0.39 is 5.97 Å². The topological polar surface area (TPSA) is 37.3 Å². The molecule has 0 saturated carbocycles. The zero-order chi connectivity index (χ0) is 10.6. The van der Waals surface area contributed by atoms with Crippen LogP contribution < -0.4 is 0 Å². The molecule has 0 spiro atoms. The van der Waals surface area contributed by atoms with Crippen LogP contribution in [0.25, 0.3) is 5.57 Å². The van der Waals surface area contributed by atoms with E-state index in [1.54, 1.807) is 0 Å². The Bertz CT molecular complexity index is 352. The standard InChI is InChI=1S/C11H11BrO2/c1-2-8(7-11(13)14)9-3-5-10(12)6-4-9/h3-7H,2H2,1H3,(H,13,14)/b8-7+. The molecule has 0 aliphatic heterocycles. The highest BCUT2D eigenvalue weighted by atomic mass is 79.9. The molecular weight excluding hydrogens is 244 g/mol. The average Bonchev–Trinajstić information content (AvgIpc) is 2.15. The molecule has 1 rings (SSSR count). The summed E-state index contributed by atoms with van der Waals surface area (Å²) in [5.41, 5.74) is 1.79. The van der Waals surface area contributed by atoms with Crippen molar-refractivity contribution < 1.29 is 9.90 Å². The average molecular weight is 255 g/mol. The van der Waals surface area contributed by atoms with Crippen molar-refractivity contribution in [3.8, 4) is 0 Å². The van der Waals surface area contributed by atoms with Crippen molar-refractivity contribution in [1.29, 1.82) is 0 Å². The first kappa shape index (κ1) is 11.0. The Hall–Kier alpha value is -1.09. The molecule has 0 bridgehead atoms. The van der Waals surface area contributed by atoms with E-state index in [1.165, 1.54) is 6.08 Å². The lowest BCUT2D eigenvalue weighted by atomic mass is 10.0. The molecule has 2 nitrogen and oxygen atoms in total. The zero-order valence-corrected chi connectivity index (χ0v) is 9.41. The summed E-state index contributed by atoms with van der Waals surface area (Å²) in [6.07, 6.45) is 1.97. The minimum Gasteiger partial charge on any atom is -0.478 e. The van der Waals surface area contributed by atoms with E-state index in [4.69, 9.17) is 5.11 Å². The van der Waals surface area contributed by atoms with Crippen molar-refractivity contribution >= 4 is 27.5 Å². The third-order valence-electron chi connectivity index (χ3n) is 1.89. The molecule has 0 aromatic heterocycles. The monoisotopic (exact) mass is 254 g/mol. The maximum atomic E-state index is 10.5. The van der Waals surface area contributed by atoms with Gasteiger partial charge in [-0.1, -0.05) is 35.0 Å². The van der Waals surface area contributed by atoms with Crippen LogP contribution >= 0.6 is 15.9 Å². The lowest BCUT2D eigenvalue weighted by Gasteiger charge is -2.03. The number of hydrogen-bond acceptors (Lipinski definition) is 1. The minimum absolute atomic E-state index is 0.716. The fraction of sp³-hybridized carbons (Fsp3) is 0.182. The van der Waals surface area contributed by atoms with Gasteiger partial charge in [-0.2, -0.15) is 0 Å². The van der Waals surface area contributed by atoms with E-state index in [2.05, 4.69) is 15.9 Å². The molecular formula is C11H11BrO2. The first-order valence-corrected chi connectivity index (χ1v) is 5.12. The van der Waals surface area contributed by atoms with Crippen molar-refractivity contribution in [2.45, 2.75) is 13.3 Å². The van der Waals surface area contributed by atoms with Crippen LogP contribution in [0.2, 0.25) is 0 Å². The Morgan fingerprint density at radius 2 is 2.00 bits per heavy atom. The molecule has 74 valence electrons. The van der Waals surface area contributed by atoms with Crippen LogP contribution in [0.4, 0.5) is 0 Å². The number of allylic oxidation sites excluding steroid dienone is 1. The Kier molecular flexibility index (Phi) is 3.89. The largest absolute Gasteiger partial charge is 0.478 e. The quantitative estimate of drug-likeness (QED) is 0.841. The molecule has 0 aliphatic carbocycles. The first-order chi connectivity index (χ1) is 6.63. The van der Waals surface area contributed by atoms with E-state index in [0.717, 1.165) is 15.6 Å². The Morgan fingerprint density at radius 1 is 1.43 bits per heavy atom. The van der Waals surface area contributed by atoms with Gasteiger partial charge in [0.25, 0.3) is 0 Å². The van der Waals surface area contributed by atoms with Crippen LogP contribution in [-0.2, 0) is 4.79 Å². The molecule has 0 aliphatic rings. The van der Waals surface area contributed by atoms with Crippen LogP contribution in [0.3, 0.4) is 0 Å². The molecule has 0 amide bonds. The summed E-state index contributed by atoms with van der Waals surface area (Å²) >= 11 is 3.33. The van der Waals surface area contributed by atoms with E-state index >= 15 is 0 Å². The molecule has 3 heteroatoms. The molecule has 1 aromatic carbocycles. The summed E-state index contributed by atoms with van der Waals surface area (Å²) in [7, 11) is 0. The summed E-state index contributed by atoms with van der Waals surface area (Å²) < 4.78 is 0.993. The molecule has 0 atom stereocenters. The lowest BCUT2D eigenvalue weighted by molar-refractivity contribution is -0.131. The van der Waals surface area contributed by atoms with Crippen LogP contribution in [-0.4, -0.2) is 11.1 Å². The summed E-state index contributed by atoms with van der Waals surface area (Å²) in [6, 6.07) is 7.62. The summed E-state index contributed by atoms with van der Waals surface area (Å²) in [5.74, 6) is -0.898. The van der Waals surface area contributed by atoms with E-state index in [1.807, 2.05) is 31.2 Å².